The molecular formula is C15H26N4O. The van der Waals surface area contributed by atoms with Gasteiger partial charge in [-0.3, -0.25) is 0 Å². The topological polar surface area (TPSA) is 50.3 Å². The summed E-state index contributed by atoms with van der Waals surface area (Å²) in [5, 5.41) is 3.37. The van der Waals surface area contributed by atoms with Crippen LogP contribution in [0.4, 0.5) is 5.95 Å². The number of hydrogen-bond donors (Lipinski definition) is 1. The summed E-state index contributed by atoms with van der Waals surface area (Å²) in [4.78, 5) is 11.1. The molecule has 1 N–H and O–H groups in total. The molecule has 0 radical (unpaired) electrons. The Morgan fingerprint density at radius 3 is 2.90 bits per heavy atom. The molecule has 0 unspecified atom stereocenters. The highest BCUT2D eigenvalue weighted by Gasteiger charge is 2.10. The standard InChI is InChI=1S/C15H26N4O/c1-5-7-16-11-14-12-17-15(18-13(14)3)19(8-6-2)9-10-20-4/h6,12,16H,2,5,7-11H2,1,3-4H3. The van der Waals surface area contributed by atoms with Gasteiger partial charge in [-0.1, -0.05) is 13.0 Å². The lowest BCUT2D eigenvalue weighted by Crippen LogP contribution is -2.29. The maximum atomic E-state index is 5.12. The van der Waals surface area contributed by atoms with Gasteiger partial charge in [0.25, 0.3) is 0 Å². The molecule has 0 spiro atoms. The summed E-state index contributed by atoms with van der Waals surface area (Å²) >= 11 is 0. The van der Waals surface area contributed by atoms with E-state index in [1.807, 2.05) is 19.2 Å². The number of aromatic nitrogens is 2. The minimum atomic E-state index is 0.649. The Labute approximate surface area is 122 Å². The van der Waals surface area contributed by atoms with Crippen molar-refractivity contribution in [2.75, 3.05) is 38.3 Å². The molecule has 0 aromatic carbocycles. The van der Waals surface area contributed by atoms with Crippen LogP contribution in [0.1, 0.15) is 24.6 Å². The van der Waals surface area contributed by atoms with Crippen molar-refractivity contribution in [1.82, 2.24) is 15.3 Å². The molecule has 0 aliphatic carbocycles. The fourth-order valence-corrected chi connectivity index (χ4v) is 1.84. The lowest BCUT2D eigenvalue weighted by Gasteiger charge is -2.21. The number of nitrogens with one attached hydrogen (secondary N) is 1. The average molecular weight is 278 g/mol. The number of hydrogen-bond acceptors (Lipinski definition) is 5. The number of methoxy groups -OCH3 is 1. The van der Waals surface area contributed by atoms with E-state index in [4.69, 9.17) is 4.74 Å². The molecule has 1 heterocycles. The van der Waals surface area contributed by atoms with Crippen molar-refractivity contribution in [2.24, 2.45) is 0 Å². The molecule has 1 rings (SSSR count). The van der Waals surface area contributed by atoms with Gasteiger partial charge in [0.05, 0.1) is 6.61 Å². The lowest BCUT2D eigenvalue weighted by atomic mass is 10.2. The molecule has 0 saturated carbocycles. The second-order valence-electron chi connectivity index (χ2n) is 4.68. The molecule has 0 atom stereocenters. The Morgan fingerprint density at radius 1 is 1.50 bits per heavy atom. The van der Waals surface area contributed by atoms with Crippen LogP contribution in [0.15, 0.2) is 18.9 Å². The first-order valence-corrected chi connectivity index (χ1v) is 7.10. The zero-order valence-corrected chi connectivity index (χ0v) is 12.9. The molecule has 1 aromatic heterocycles. The SMILES string of the molecule is C=CCN(CCOC)c1ncc(CNCCC)c(C)n1. The quantitative estimate of drug-likeness (QED) is 0.523. The van der Waals surface area contributed by atoms with Crippen molar-refractivity contribution in [3.8, 4) is 0 Å². The minimum absolute atomic E-state index is 0.649. The van der Waals surface area contributed by atoms with Crippen LogP contribution in [0.25, 0.3) is 0 Å². The van der Waals surface area contributed by atoms with Gasteiger partial charge in [-0.05, 0) is 19.9 Å². The Kier molecular flexibility index (Phi) is 7.84. The summed E-state index contributed by atoms with van der Waals surface area (Å²) < 4.78 is 5.12. The molecule has 0 fully saturated rings. The minimum Gasteiger partial charge on any atom is -0.383 e. The normalized spacial score (nSPS) is 10.6. The van der Waals surface area contributed by atoms with Crippen LogP contribution in [0.5, 0.6) is 0 Å². The van der Waals surface area contributed by atoms with Gasteiger partial charge in [0.1, 0.15) is 0 Å². The zero-order chi connectivity index (χ0) is 14.8. The molecule has 5 heteroatoms. The third-order valence-corrected chi connectivity index (χ3v) is 3.01. The van der Waals surface area contributed by atoms with Gasteiger partial charge in [-0.15, -0.1) is 6.58 Å². The van der Waals surface area contributed by atoms with Crippen LogP contribution in [0, 0.1) is 6.92 Å². The fourth-order valence-electron chi connectivity index (χ4n) is 1.84. The van der Waals surface area contributed by atoms with Crippen molar-refractivity contribution in [1.29, 1.82) is 0 Å². The molecule has 0 bridgehead atoms. The maximum Gasteiger partial charge on any atom is 0.225 e. The molecule has 0 saturated heterocycles. The highest BCUT2D eigenvalue weighted by atomic mass is 16.5. The molecule has 0 aliphatic rings. The third-order valence-electron chi connectivity index (χ3n) is 3.01. The Bertz CT molecular complexity index is 409. The monoisotopic (exact) mass is 278 g/mol. The summed E-state index contributed by atoms with van der Waals surface area (Å²) in [6.07, 6.45) is 4.89. The van der Waals surface area contributed by atoms with E-state index in [9.17, 15) is 0 Å². The predicted molar refractivity (Wildman–Crippen MR) is 83.1 cm³/mol. The van der Waals surface area contributed by atoms with Crippen molar-refractivity contribution in [2.45, 2.75) is 26.8 Å². The summed E-state index contributed by atoms with van der Waals surface area (Å²) in [5.74, 6) is 0.735. The first-order valence-electron chi connectivity index (χ1n) is 7.10. The Hall–Kier alpha value is -1.46. The number of ether oxygens (including phenoxy) is 1. The third kappa shape index (κ3) is 5.27. The van der Waals surface area contributed by atoms with Crippen molar-refractivity contribution >= 4 is 5.95 Å². The summed E-state index contributed by atoms with van der Waals surface area (Å²) in [5.41, 5.74) is 2.16. The lowest BCUT2D eigenvalue weighted by molar-refractivity contribution is 0.205. The molecular weight excluding hydrogens is 252 g/mol. The zero-order valence-electron chi connectivity index (χ0n) is 12.9. The van der Waals surface area contributed by atoms with Gasteiger partial charge in [0, 0.05) is 44.2 Å². The van der Waals surface area contributed by atoms with Crippen LogP contribution in [-0.4, -0.2) is 43.3 Å². The van der Waals surface area contributed by atoms with Gasteiger partial charge in [-0.2, -0.15) is 0 Å². The second-order valence-corrected chi connectivity index (χ2v) is 4.68. The van der Waals surface area contributed by atoms with E-state index in [-0.39, 0.29) is 0 Å². The van der Waals surface area contributed by atoms with Crippen LogP contribution >= 0.6 is 0 Å². The number of rotatable bonds is 10. The van der Waals surface area contributed by atoms with Crippen LogP contribution in [0.3, 0.4) is 0 Å². The van der Waals surface area contributed by atoms with Gasteiger partial charge < -0.3 is 15.0 Å². The smallest absolute Gasteiger partial charge is 0.225 e. The summed E-state index contributed by atoms with van der Waals surface area (Å²) in [6.45, 7) is 11.9. The molecule has 5 nitrogen and oxygen atoms in total. The Morgan fingerprint density at radius 2 is 2.30 bits per heavy atom. The van der Waals surface area contributed by atoms with Gasteiger partial charge in [0.2, 0.25) is 5.95 Å². The van der Waals surface area contributed by atoms with Crippen molar-refractivity contribution in [3.05, 3.63) is 30.1 Å². The van der Waals surface area contributed by atoms with E-state index in [2.05, 4.69) is 33.7 Å². The van der Waals surface area contributed by atoms with Crippen molar-refractivity contribution in [3.63, 3.8) is 0 Å². The van der Waals surface area contributed by atoms with E-state index in [1.165, 1.54) is 0 Å². The van der Waals surface area contributed by atoms with E-state index in [0.29, 0.717) is 6.61 Å². The largest absolute Gasteiger partial charge is 0.383 e. The maximum absolute atomic E-state index is 5.12. The number of anilines is 1. The van der Waals surface area contributed by atoms with Gasteiger partial charge in [0.15, 0.2) is 0 Å². The van der Waals surface area contributed by atoms with Crippen LogP contribution in [-0.2, 0) is 11.3 Å². The van der Waals surface area contributed by atoms with E-state index in [0.717, 1.165) is 49.8 Å². The first kappa shape index (κ1) is 16.6. The van der Waals surface area contributed by atoms with Gasteiger partial charge >= 0.3 is 0 Å². The van der Waals surface area contributed by atoms with Crippen LogP contribution < -0.4 is 10.2 Å². The van der Waals surface area contributed by atoms with Crippen LogP contribution in [0.2, 0.25) is 0 Å². The molecule has 112 valence electrons. The van der Waals surface area contributed by atoms with Gasteiger partial charge in [-0.25, -0.2) is 9.97 Å². The molecule has 1 aromatic rings. The summed E-state index contributed by atoms with van der Waals surface area (Å²) in [6, 6.07) is 0. The van der Waals surface area contributed by atoms with E-state index in [1.54, 1.807) is 7.11 Å². The highest BCUT2D eigenvalue weighted by Crippen LogP contribution is 2.11. The fraction of sp³-hybridized carbons (Fsp3) is 0.600. The summed E-state index contributed by atoms with van der Waals surface area (Å²) in [7, 11) is 1.70. The average Bonchev–Trinajstić information content (AvgIpc) is 2.45. The highest BCUT2D eigenvalue weighted by molar-refractivity contribution is 5.33. The first-order chi connectivity index (χ1) is 9.72. The van der Waals surface area contributed by atoms with Crippen molar-refractivity contribution < 1.29 is 4.74 Å². The second kappa shape index (κ2) is 9.44. The molecule has 0 aliphatic heterocycles. The van der Waals surface area contributed by atoms with E-state index >= 15 is 0 Å². The predicted octanol–water partition coefficient (Wildman–Crippen LogP) is 1.92. The molecule has 0 amide bonds. The molecule has 20 heavy (non-hydrogen) atoms. The van der Waals surface area contributed by atoms with E-state index < -0.39 is 0 Å². The Balaban J connectivity index is 2.74. The number of nitrogens with zero attached hydrogens (tertiary/aromatic N) is 3. The number of aryl methyl sites for hydroxylation is 1.